The Morgan fingerprint density at radius 2 is 0.941 bits per heavy atom. The van der Waals surface area contributed by atoms with Gasteiger partial charge in [0.25, 0.3) is 0 Å². The molecule has 8 aromatic carbocycles. The van der Waals surface area contributed by atoms with E-state index in [4.69, 9.17) is 19.4 Å². The lowest BCUT2D eigenvalue weighted by Crippen LogP contribution is -2.01. The summed E-state index contributed by atoms with van der Waals surface area (Å²) in [7, 11) is 0. The third kappa shape index (κ3) is 5.04. The van der Waals surface area contributed by atoms with E-state index < -0.39 is 0 Å². The topological polar surface area (TPSA) is 51.8 Å². The van der Waals surface area contributed by atoms with E-state index in [1.807, 2.05) is 42.5 Å². The highest BCUT2D eigenvalue weighted by Gasteiger charge is 2.18. The molecule has 0 fully saturated rings. The van der Waals surface area contributed by atoms with Gasteiger partial charge in [0, 0.05) is 27.5 Å². The van der Waals surface area contributed by atoms with Crippen molar-refractivity contribution in [2.24, 2.45) is 0 Å². The molecule has 2 heterocycles. The van der Waals surface area contributed by atoms with Crippen LogP contribution >= 0.6 is 0 Å². The molecule has 0 saturated carbocycles. The Bertz CT molecular complexity index is 2910. The Kier molecular flexibility index (Phi) is 6.78. The third-order valence-corrected chi connectivity index (χ3v) is 9.71. The van der Waals surface area contributed by atoms with Crippen LogP contribution in [0, 0.1) is 0 Å². The van der Waals surface area contributed by atoms with Crippen LogP contribution in [-0.4, -0.2) is 15.0 Å². The highest BCUT2D eigenvalue weighted by Crippen LogP contribution is 2.40. The number of aromatic nitrogens is 3. The van der Waals surface area contributed by atoms with Crippen LogP contribution in [-0.2, 0) is 0 Å². The third-order valence-electron chi connectivity index (χ3n) is 9.71. The Morgan fingerprint density at radius 3 is 1.76 bits per heavy atom. The van der Waals surface area contributed by atoms with E-state index >= 15 is 0 Å². The van der Waals surface area contributed by atoms with E-state index in [9.17, 15) is 0 Å². The van der Waals surface area contributed by atoms with E-state index in [0.717, 1.165) is 66.1 Å². The number of rotatable bonds is 5. The zero-order valence-corrected chi connectivity index (χ0v) is 27.5. The summed E-state index contributed by atoms with van der Waals surface area (Å²) in [6.07, 6.45) is 0. The standard InChI is InChI=1S/C47H29N3O/c1-3-13-30(14-4-1)32-25-26-42-41(28-32)44-37(23-12-24-43(44)51-42)33-18-11-19-35(27-33)46-48-45(31-15-5-2-6-16-31)49-47(50-46)40-29-34-17-7-8-20-36(34)38-21-9-10-22-39(38)40/h1-29H. The van der Waals surface area contributed by atoms with E-state index in [1.54, 1.807) is 0 Å². The van der Waals surface area contributed by atoms with E-state index in [2.05, 4.69) is 133 Å². The van der Waals surface area contributed by atoms with Crippen LogP contribution in [0.5, 0.6) is 0 Å². The Balaban J connectivity index is 1.17. The van der Waals surface area contributed by atoms with Gasteiger partial charge in [-0.15, -0.1) is 0 Å². The average Bonchev–Trinajstić information content (AvgIpc) is 3.59. The normalized spacial score (nSPS) is 11.5. The molecule has 0 unspecified atom stereocenters. The molecular formula is C47H29N3O. The molecule has 0 spiro atoms. The van der Waals surface area contributed by atoms with Gasteiger partial charge in [0.1, 0.15) is 11.2 Å². The van der Waals surface area contributed by atoms with Gasteiger partial charge in [-0.1, -0.05) is 146 Å². The monoisotopic (exact) mass is 651 g/mol. The second kappa shape index (κ2) is 11.9. The van der Waals surface area contributed by atoms with E-state index in [1.165, 1.54) is 16.3 Å². The van der Waals surface area contributed by atoms with E-state index in [0.29, 0.717) is 17.5 Å². The van der Waals surface area contributed by atoms with Gasteiger partial charge in [-0.2, -0.15) is 0 Å². The van der Waals surface area contributed by atoms with Crippen molar-refractivity contribution in [3.63, 3.8) is 0 Å². The van der Waals surface area contributed by atoms with E-state index in [-0.39, 0.29) is 0 Å². The fourth-order valence-corrected chi connectivity index (χ4v) is 7.28. The summed E-state index contributed by atoms with van der Waals surface area (Å²) < 4.78 is 6.38. The summed E-state index contributed by atoms with van der Waals surface area (Å²) in [6, 6.07) is 61.0. The molecule has 0 radical (unpaired) electrons. The number of fused-ring (bicyclic) bond motifs is 6. The van der Waals surface area contributed by atoms with Gasteiger partial charge in [0.2, 0.25) is 0 Å². The predicted molar refractivity (Wildman–Crippen MR) is 209 cm³/mol. The van der Waals surface area contributed by atoms with Crippen LogP contribution in [0.25, 0.3) is 99.9 Å². The minimum Gasteiger partial charge on any atom is -0.456 e. The van der Waals surface area contributed by atoms with Crippen LogP contribution in [0.4, 0.5) is 0 Å². The molecule has 10 aromatic rings. The highest BCUT2D eigenvalue weighted by atomic mass is 16.3. The summed E-state index contributed by atoms with van der Waals surface area (Å²) in [5, 5.41) is 6.81. The number of furan rings is 1. The van der Waals surface area contributed by atoms with Crippen molar-refractivity contribution in [3.05, 3.63) is 176 Å². The smallest absolute Gasteiger partial charge is 0.164 e. The summed E-state index contributed by atoms with van der Waals surface area (Å²) >= 11 is 0. The number of nitrogens with zero attached hydrogens (tertiary/aromatic N) is 3. The fraction of sp³-hybridized carbons (Fsp3) is 0. The molecule has 0 amide bonds. The molecule has 0 aliphatic carbocycles. The Labute approximate surface area is 294 Å². The second-order valence-electron chi connectivity index (χ2n) is 12.8. The first-order valence-electron chi connectivity index (χ1n) is 17.1. The first-order chi connectivity index (χ1) is 25.3. The molecular weight excluding hydrogens is 623 g/mol. The van der Waals surface area contributed by atoms with Crippen LogP contribution in [0.1, 0.15) is 0 Å². The van der Waals surface area contributed by atoms with Crippen LogP contribution in [0.3, 0.4) is 0 Å². The molecule has 0 bridgehead atoms. The van der Waals surface area contributed by atoms with Gasteiger partial charge in [-0.3, -0.25) is 0 Å². The van der Waals surface area contributed by atoms with Crippen molar-refractivity contribution in [2.45, 2.75) is 0 Å². The molecule has 238 valence electrons. The molecule has 0 atom stereocenters. The molecule has 0 saturated heterocycles. The van der Waals surface area contributed by atoms with Gasteiger partial charge in [-0.05, 0) is 74.1 Å². The van der Waals surface area contributed by atoms with Crippen molar-refractivity contribution >= 4 is 43.5 Å². The van der Waals surface area contributed by atoms with Crippen LogP contribution < -0.4 is 0 Å². The zero-order chi connectivity index (χ0) is 33.7. The fourth-order valence-electron chi connectivity index (χ4n) is 7.28. The van der Waals surface area contributed by atoms with Crippen molar-refractivity contribution in [2.75, 3.05) is 0 Å². The van der Waals surface area contributed by atoms with Crippen LogP contribution in [0.15, 0.2) is 180 Å². The van der Waals surface area contributed by atoms with Crippen molar-refractivity contribution in [3.8, 4) is 56.4 Å². The van der Waals surface area contributed by atoms with Gasteiger partial charge in [0.15, 0.2) is 17.5 Å². The summed E-state index contributed by atoms with van der Waals surface area (Å²) in [5.41, 5.74) is 9.03. The lowest BCUT2D eigenvalue weighted by molar-refractivity contribution is 0.669. The minimum absolute atomic E-state index is 0.619. The number of benzene rings is 8. The largest absolute Gasteiger partial charge is 0.456 e. The lowest BCUT2D eigenvalue weighted by Gasteiger charge is -2.13. The van der Waals surface area contributed by atoms with Gasteiger partial charge in [0.05, 0.1) is 0 Å². The Morgan fingerprint density at radius 1 is 0.314 bits per heavy atom. The molecule has 10 rings (SSSR count). The molecule has 51 heavy (non-hydrogen) atoms. The second-order valence-corrected chi connectivity index (χ2v) is 12.8. The summed E-state index contributed by atoms with van der Waals surface area (Å²) in [4.78, 5) is 15.4. The maximum Gasteiger partial charge on any atom is 0.164 e. The maximum absolute atomic E-state index is 6.38. The molecule has 0 aliphatic rings. The van der Waals surface area contributed by atoms with Gasteiger partial charge in [-0.25, -0.2) is 15.0 Å². The molecule has 0 aliphatic heterocycles. The molecule has 4 heteroatoms. The van der Waals surface area contributed by atoms with Crippen molar-refractivity contribution < 1.29 is 4.42 Å². The first kappa shape index (κ1) is 29.0. The van der Waals surface area contributed by atoms with Gasteiger partial charge >= 0.3 is 0 Å². The number of hydrogen-bond acceptors (Lipinski definition) is 4. The number of hydrogen-bond donors (Lipinski definition) is 0. The quantitative estimate of drug-likeness (QED) is 0.174. The lowest BCUT2D eigenvalue weighted by atomic mass is 9.96. The highest BCUT2D eigenvalue weighted by molar-refractivity contribution is 6.14. The zero-order valence-electron chi connectivity index (χ0n) is 27.5. The van der Waals surface area contributed by atoms with Gasteiger partial charge < -0.3 is 4.42 Å². The summed E-state index contributed by atoms with van der Waals surface area (Å²) in [6.45, 7) is 0. The maximum atomic E-state index is 6.38. The molecule has 0 N–H and O–H groups in total. The first-order valence-corrected chi connectivity index (χ1v) is 17.1. The minimum atomic E-state index is 0.619. The van der Waals surface area contributed by atoms with Crippen molar-refractivity contribution in [1.82, 2.24) is 15.0 Å². The molecule has 2 aromatic heterocycles. The SMILES string of the molecule is c1ccc(-c2ccc3oc4cccc(-c5cccc(-c6nc(-c7ccccc7)nc(-c7cc8ccccc8c8ccccc78)n6)c5)c4c3c2)cc1. The Hall–Kier alpha value is -6.91. The van der Waals surface area contributed by atoms with Crippen LogP contribution in [0.2, 0.25) is 0 Å². The average molecular weight is 652 g/mol. The van der Waals surface area contributed by atoms with Crippen molar-refractivity contribution in [1.29, 1.82) is 0 Å². The predicted octanol–water partition coefficient (Wildman–Crippen LogP) is 12.4. The molecule has 4 nitrogen and oxygen atoms in total. The summed E-state index contributed by atoms with van der Waals surface area (Å²) in [5.74, 6) is 1.89.